The Morgan fingerprint density at radius 1 is 1.38 bits per heavy atom. The Kier molecular flexibility index (Phi) is 2.81. The predicted octanol–water partition coefficient (Wildman–Crippen LogP) is 1.18. The van der Waals surface area contributed by atoms with E-state index in [-0.39, 0.29) is 0 Å². The molecule has 0 spiro atoms. The quantitative estimate of drug-likeness (QED) is 0.771. The van der Waals surface area contributed by atoms with Crippen LogP contribution >= 0.6 is 11.8 Å². The molecule has 0 bridgehead atoms. The SMILES string of the molecule is Nc1nn(C2CCSCC2)c2c1CCNC2. The maximum Gasteiger partial charge on any atom is 0.149 e. The van der Waals surface area contributed by atoms with Crippen LogP contribution in [0.3, 0.4) is 0 Å². The third-order valence-electron chi connectivity index (χ3n) is 3.53. The largest absolute Gasteiger partial charge is 0.382 e. The molecule has 0 aliphatic carbocycles. The number of nitrogens with two attached hydrogens (primary N) is 1. The van der Waals surface area contributed by atoms with Crippen molar-refractivity contribution in [3.8, 4) is 0 Å². The summed E-state index contributed by atoms with van der Waals surface area (Å²) in [6.07, 6.45) is 3.50. The van der Waals surface area contributed by atoms with Crippen molar-refractivity contribution in [2.24, 2.45) is 0 Å². The van der Waals surface area contributed by atoms with E-state index in [0.717, 1.165) is 25.3 Å². The van der Waals surface area contributed by atoms with Crippen molar-refractivity contribution in [2.45, 2.75) is 31.8 Å². The van der Waals surface area contributed by atoms with Crippen LogP contribution in [0.2, 0.25) is 0 Å². The van der Waals surface area contributed by atoms with Gasteiger partial charge in [0.2, 0.25) is 0 Å². The molecular weight excluding hydrogens is 220 g/mol. The lowest BCUT2D eigenvalue weighted by Gasteiger charge is -2.25. The van der Waals surface area contributed by atoms with Crippen molar-refractivity contribution in [2.75, 3.05) is 23.8 Å². The Morgan fingerprint density at radius 2 is 2.19 bits per heavy atom. The third-order valence-corrected chi connectivity index (χ3v) is 4.58. The monoisotopic (exact) mass is 238 g/mol. The summed E-state index contributed by atoms with van der Waals surface area (Å²) in [5, 5.41) is 7.97. The Balaban J connectivity index is 1.93. The second-order valence-corrected chi connectivity index (χ2v) is 5.75. The standard InChI is InChI=1S/C11H18N4S/c12-11-9-1-4-13-7-10(9)15(14-11)8-2-5-16-6-3-8/h8,13H,1-7H2,(H2,12,14). The van der Waals surface area contributed by atoms with Crippen LogP contribution < -0.4 is 11.1 Å². The van der Waals surface area contributed by atoms with E-state index in [4.69, 9.17) is 5.73 Å². The van der Waals surface area contributed by atoms with E-state index in [2.05, 4.69) is 15.1 Å². The maximum atomic E-state index is 6.00. The zero-order chi connectivity index (χ0) is 11.0. The first-order chi connectivity index (χ1) is 7.86. The Labute approximate surface area is 100.0 Å². The van der Waals surface area contributed by atoms with Gasteiger partial charge in [-0.15, -0.1) is 0 Å². The highest BCUT2D eigenvalue weighted by Crippen LogP contribution is 2.31. The van der Waals surface area contributed by atoms with Gasteiger partial charge >= 0.3 is 0 Å². The zero-order valence-corrected chi connectivity index (χ0v) is 10.2. The molecule has 0 atom stereocenters. The second kappa shape index (κ2) is 4.30. The normalized spacial score (nSPS) is 22.0. The molecule has 0 amide bonds. The molecule has 16 heavy (non-hydrogen) atoms. The fourth-order valence-electron chi connectivity index (χ4n) is 2.63. The highest BCUT2D eigenvalue weighted by Gasteiger charge is 2.24. The highest BCUT2D eigenvalue weighted by molar-refractivity contribution is 7.99. The van der Waals surface area contributed by atoms with Crippen molar-refractivity contribution >= 4 is 17.6 Å². The van der Waals surface area contributed by atoms with Gasteiger partial charge < -0.3 is 11.1 Å². The molecule has 0 unspecified atom stereocenters. The molecular formula is C11H18N4S. The van der Waals surface area contributed by atoms with Gasteiger partial charge in [0.1, 0.15) is 5.82 Å². The minimum atomic E-state index is 0.576. The maximum absolute atomic E-state index is 6.00. The molecule has 1 aromatic rings. The van der Waals surface area contributed by atoms with Gasteiger partial charge in [-0.1, -0.05) is 0 Å². The van der Waals surface area contributed by atoms with Crippen LogP contribution in [0.1, 0.15) is 30.1 Å². The predicted molar refractivity (Wildman–Crippen MR) is 67.6 cm³/mol. The molecule has 1 aromatic heterocycles. The summed E-state index contributed by atoms with van der Waals surface area (Å²) in [5.41, 5.74) is 8.63. The number of fused-ring (bicyclic) bond motifs is 1. The molecule has 0 aromatic carbocycles. The summed E-state index contributed by atoms with van der Waals surface area (Å²) in [6, 6.07) is 0.576. The number of anilines is 1. The summed E-state index contributed by atoms with van der Waals surface area (Å²) in [5.74, 6) is 3.27. The number of nitrogens with one attached hydrogen (secondary N) is 1. The van der Waals surface area contributed by atoms with Crippen molar-refractivity contribution in [1.29, 1.82) is 0 Å². The first-order valence-electron chi connectivity index (χ1n) is 6.00. The molecule has 1 saturated heterocycles. The number of aromatic nitrogens is 2. The molecule has 0 saturated carbocycles. The van der Waals surface area contributed by atoms with Crippen LogP contribution in [0.15, 0.2) is 0 Å². The molecule has 5 heteroatoms. The average molecular weight is 238 g/mol. The highest BCUT2D eigenvalue weighted by atomic mass is 32.2. The van der Waals surface area contributed by atoms with E-state index < -0.39 is 0 Å². The molecule has 88 valence electrons. The summed E-state index contributed by atoms with van der Waals surface area (Å²) >= 11 is 2.05. The first-order valence-corrected chi connectivity index (χ1v) is 7.16. The number of hydrogen-bond acceptors (Lipinski definition) is 4. The van der Waals surface area contributed by atoms with Crippen LogP contribution in [-0.2, 0) is 13.0 Å². The first kappa shape index (κ1) is 10.5. The van der Waals surface area contributed by atoms with E-state index in [1.165, 1.54) is 35.6 Å². The Morgan fingerprint density at radius 3 is 3.00 bits per heavy atom. The molecule has 4 nitrogen and oxygen atoms in total. The molecule has 1 fully saturated rings. The molecule has 3 heterocycles. The Hall–Kier alpha value is -0.680. The van der Waals surface area contributed by atoms with Gasteiger partial charge in [0, 0.05) is 12.1 Å². The average Bonchev–Trinajstić information content (AvgIpc) is 2.69. The van der Waals surface area contributed by atoms with Crippen LogP contribution in [0.4, 0.5) is 5.82 Å². The molecule has 3 rings (SSSR count). The van der Waals surface area contributed by atoms with Gasteiger partial charge in [-0.05, 0) is 37.3 Å². The van der Waals surface area contributed by atoms with E-state index in [1.807, 2.05) is 11.8 Å². The van der Waals surface area contributed by atoms with E-state index in [1.54, 1.807) is 0 Å². The third kappa shape index (κ3) is 1.72. The minimum Gasteiger partial charge on any atom is -0.382 e. The van der Waals surface area contributed by atoms with Crippen LogP contribution in [-0.4, -0.2) is 27.8 Å². The summed E-state index contributed by atoms with van der Waals surface area (Å²) in [4.78, 5) is 0. The van der Waals surface area contributed by atoms with Crippen molar-refractivity contribution in [1.82, 2.24) is 15.1 Å². The van der Waals surface area contributed by atoms with Gasteiger partial charge in [0.25, 0.3) is 0 Å². The number of nitrogen functional groups attached to an aromatic ring is 1. The molecule has 3 N–H and O–H groups in total. The number of thioether (sulfide) groups is 1. The summed E-state index contributed by atoms with van der Waals surface area (Å²) in [6.45, 7) is 1.96. The van der Waals surface area contributed by atoms with E-state index in [0.29, 0.717) is 6.04 Å². The molecule has 2 aliphatic heterocycles. The lowest BCUT2D eigenvalue weighted by atomic mass is 10.1. The summed E-state index contributed by atoms with van der Waals surface area (Å²) in [7, 11) is 0. The number of nitrogens with zero attached hydrogens (tertiary/aromatic N) is 2. The number of hydrogen-bond donors (Lipinski definition) is 2. The lowest BCUT2D eigenvalue weighted by molar-refractivity contribution is 0.404. The van der Waals surface area contributed by atoms with Gasteiger partial charge in [-0.25, -0.2) is 0 Å². The summed E-state index contributed by atoms with van der Waals surface area (Å²) < 4.78 is 2.20. The number of rotatable bonds is 1. The van der Waals surface area contributed by atoms with Crippen molar-refractivity contribution < 1.29 is 0 Å². The van der Waals surface area contributed by atoms with Crippen molar-refractivity contribution in [3.63, 3.8) is 0 Å². The van der Waals surface area contributed by atoms with Gasteiger partial charge in [0.05, 0.1) is 11.7 Å². The second-order valence-electron chi connectivity index (χ2n) is 4.53. The topological polar surface area (TPSA) is 55.9 Å². The van der Waals surface area contributed by atoms with Crippen LogP contribution in [0, 0.1) is 0 Å². The van der Waals surface area contributed by atoms with E-state index in [9.17, 15) is 0 Å². The van der Waals surface area contributed by atoms with Crippen LogP contribution in [0.25, 0.3) is 0 Å². The van der Waals surface area contributed by atoms with Gasteiger partial charge in [0.15, 0.2) is 0 Å². The zero-order valence-electron chi connectivity index (χ0n) is 9.41. The fourth-order valence-corrected chi connectivity index (χ4v) is 3.72. The van der Waals surface area contributed by atoms with Gasteiger partial charge in [-0.3, -0.25) is 4.68 Å². The van der Waals surface area contributed by atoms with E-state index >= 15 is 0 Å². The van der Waals surface area contributed by atoms with Gasteiger partial charge in [-0.2, -0.15) is 16.9 Å². The van der Waals surface area contributed by atoms with Crippen LogP contribution in [0.5, 0.6) is 0 Å². The van der Waals surface area contributed by atoms with Crippen molar-refractivity contribution in [3.05, 3.63) is 11.3 Å². The molecule has 2 aliphatic rings. The smallest absolute Gasteiger partial charge is 0.149 e. The lowest BCUT2D eigenvalue weighted by Crippen LogP contribution is -2.27. The minimum absolute atomic E-state index is 0.576. The fraction of sp³-hybridized carbons (Fsp3) is 0.727. The Bertz CT molecular complexity index is 382. The molecule has 0 radical (unpaired) electrons.